The van der Waals surface area contributed by atoms with Crippen molar-refractivity contribution in [1.82, 2.24) is 5.43 Å². The van der Waals surface area contributed by atoms with Crippen LogP contribution in [0.1, 0.15) is 15.9 Å². The van der Waals surface area contributed by atoms with Crippen LogP contribution in [0.25, 0.3) is 0 Å². The van der Waals surface area contributed by atoms with Crippen LogP contribution in [-0.2, 0) is 6.61 Å². The zero-order valence-corrected chi connectivity index (χ0v) is 12.0. The molecule has 0 aliphatic carbocycles. The molecule has 0 bridgehead atoms. The number of ether oxygens (including phenoxy) is 1. The molecule has 0 heterocycles. The minimum absolute atomic E-state index is 0.105. The molecule has 20 heavy (non-hydrogen) atoms. The van der Waals surface area contributed by atoms with Gasteiger partial charge in [-0.15, -0.1) is 0 Å². The summed E-state index contributed by atoms with van der Waals surface area (Å²) in [5, 5.41) is 0. The van der Waals surface area contributed by atoms with Gasteiger partial charge in [-0.2, -0.15) is 0 Å². The number of halogens is 2. The van der Waals surface area contributed by atoms with Gasteiger partial charge in [0.25, 0.3) is 5.91 Å². The van der Waals surface area contributed by atoms with Crippen LogP contribution < -0.4 is 16.0 Å². The Balaban J connectivity index is 2.11. The average Bonchev–Trinajstić information content (AvgIpc) is 2.46. The number of hydrogen-bond donors (Lipinski definition) is 2. The molecule has 3 N–H and O–H groups in total. The predicted molar refractivity (Wildman–Crippen MR) is 76.5 cm³/mol. The molecule has 4 nitrogen and oxygen atoms in total. The lowest BCUT2D eigenvalue weighted by molar-refractivity contribution is 0.0953. The first-order chi connectivity index (χ1) is 9.61. The number of hydrazine groups is 1. The first kappa shape index (κ1) is 14.5. The molecular formula is C14H12BrFN2O2. The van der Waals surface area contributed by atoms with Crippen molar-refractivity contribution >= 4 is 21.8 Å². The number of nitrogen functional groups attached to an aromatic ring is 1. The smallest absolute Gasteiger partial charge is 0.265 e. The number of amides is 1. The summed E-state index contributed by atoms with van der Waals surface area (Å²) in [4.78, 5) is 11.4. The Morgan fingerprint density at radius 2 is 2.05 bits per heavy atom. The standard InChI is InChI=1S/C14H12BrFN2O2/c15-11-7-9(14(19)18-17)5-6-13(11)20-8-10-3-1-2-4-12(10)16/h1-7H,8,17H2,(H,18,19). The molecule has 0 atom stereocenters. The Labute approximate surface area is 123 Å². The normalized spacial score (nSPS) is 10.2. The van der Waals surface area contributed by atoms with E-state index in [2.05, 4.69) is 15.9 Å². The number of nitrogens with two attached hydrogens (primary N) is 1. The molecule has 0 radical (unpaired) electrons. The molecule has 0 saturated carbocycles. The van der Waals surface area contributed by atoms with Crippen LogP contribution in [0.4, 0.5) is 4.39 Å². The molecule has 1 amide bonds. The van der Waals surface area contributed by atoms with Gasteiger partial charge >= 0.3 is 0 Å². The Bertz CT molecular complexity index is 634. The maximum absolute atomic E-state index is 13.5. The number of nitrogens with one attached hydrogen (secondary N) is 1. The number of carbonyl (C=O) groups is 1. The number of rotatable bonds is 4. The minimum atomic E-state index is -0.397. The molecule has 0 saturated heterocycles. The molecule has 0 unspecified atom stereocenters. The van der Waals surface area contributed by atoms with Crippen LogP contribution in [-0.4, -0.2) is 5.91 Å². The molecule has 0 fully saturated rings. The lowest BCUT2D eigenvalue weighted by atomic mass is 10.2. The first-order valence-corrected chi connectivity index (χ1v) is 6.58. The van der Waals surface area contributed by atoms with Gasteiger partial charge in [0.15, 0.2) is 0 Å². The fourth-order valence-electron chi connectivity index (χ4n) is 1.61. The van der Waals surface area contributed by atoms with E-state index < -0.39 is 5.91 Å². The molecule has 2 rings (SSSR count). The van der Waals surface area contributed by atoms with Gasteiger partial charge in [-0.1, -0.05) is 18.2 Å². The summed E-state index contributed by atoms with van der Waals surface area (Å²) in [6.07, 6.45) is 0. The molecule has 2 aromatic carbocycles. The zero-order valence-electron chi connectivity index (χ0n) is 10.4. The van der Waals surface area contributed by atoms with Gasteiger partial charge in [-0.25, -0.2) is 10.2 Å². The van der Waals surface area contributed by atoms with E-state index in [9.17, 15) is 9.18 Å². The molecule has 0 aromatic heterocycles. The van der Waals surface area contributed by atoms with E-state index in [1.165, 1.54) is 6.07 Å². The van der Waals surface area contributed by atoms with Crippen LogP contribution in [0.5, 0.6) is 5.75 Å². The van der Waals surface area contributed by atoms with E-state index in [1.807, 2.05) is 5.43 Å². The second-order valence-electron chi connectivity index (χ2n) is 4.00. The maximum Gasteiger partial charge on any atom is 0.265 e. The summed E-state index contributed by atoms with van der Waals surface area (Å²) in [5.41, 5.74) is 2.90. The lowest BCUT2D eigenvalue weighted by Crippen LogP contribution is -2.29. The summed E-state index contributed by atoms with van der Waals surface area (Å²) < 4.78 is 19.6. The highest BCUT2D eigenvalue weighted by molar-refractivity contribution is 9.10. The van der Waals surface area contributed by atoms with Crippen molar-refractivity contribution in [1.29, 1.82) is 0 Å². The van der Waals surface area contributed by atoms with Gasteiger partial charge in [0, 0.05) is 11.1 Å². The van der Waals surface area contributed by atoms with Crippen LogP contribution >= 0.6 is 15.9 Å². The molecule has 0 aliphatic rings. The second kappa shape index (κ2) is 6.49. The monoisotopic (exact) mass is 338 g/mol. The van der Waals surface area contributed by atoms with E-state index in [0.29, 0.717) is 21.3 Å². The van der Waals surface area contributed by atoms with Gasteiger partial charge < -0.3 is 4.74 Å². The number of benzene rings is 2. The highest BCUT2D eigenvalue weighted by Crippen LogP contribution is 2.27. The first-order valence-electron chi connectivity index (χ1n) is 5.78. The van der Waals surface area contributed by atoms with Crippen LogP contribution in [0.15, 0.2) is 46.9 Å². The Kier molecular flexibility index (Phi) is 4.70. The highest BCUT2D eigenvalue weighted by Gasteiger charge is 2.09. The van der Waals surface area contributed by atoms with E-state index in [4.69, 9.17) is 10.6 Å². The molecule has 0 spiro atoms. The largest absolute Gasteiger partial charge is 0.488 e. The molecular weight excluding hydrogens is 327 g/mol. The lowest BCUT2D eigenvalue weighted by Gasteiger charge is -2.10. The summed E-state index contributed by atoms with van der Waals surface area (Å²) in [5.74, 6) is 4.86. The van der Waals surface area contributed by atoms with Crippen molar-refractivity contribution < 1.29 is 13.9 Å². The third-order valence-electron chi connectivity index (χ3n) is 2.67. The fraction of sp³-hybridized carbons (Fsp3) is 0.0714. The van der Waals surface area contributed by atoms with Gasteiger partial charge in [-0.05, 0) is 40.2 Å². The Morgan fingerprint density at radius 3 is 2.70 bits per heavy atom. The molecule has 104 valence electrons. The summed E-state index contributed by atoms with van der Waals surface area (Å²) in [6, 6.07) is 11.2. The Morgan fingerprint density at radius 1 is 1.30 bits per heavy atom. The summed E-state index contributed by atoms with van der Waals surface area (Å²) >= 11 is 3.30. The van der Waals surface area contributed by atoms with Crippen LogP contribution in [0.3, 0.4) is 0 Å². The van der Waals surface area contributed by atoms with Crippen molar-refractivity contribution in [3.8, 4) is 5.75 Å². The molecule has 0 aliphatic heterocycles. The highest BCUT2D eigenvalue weighted by atomic mass is 79.9. The van der Waals surface area contributed by atoms with Crippen LogP contribution in [0.2, 0.25) is 0 Å². The zero-order chi connectivity index (χ0) is 14.5. The minimum Gasteiger partial charge on any atom is -0.488 e. The summed E-state index contributed by atoms with van der Waals surface area (Å²) in [6.45, 7) is 0.105. The van der Waals surface area contributed by atoms with E-state index in [0.717, 1.165) is 0 Å². The van der Waals surface area contributed by atoms with Crippen molar-refractivity contribution in [2.75, 3.05) is 0 Å². The van der Waals surface area contributed by atoms with Gasteiger partial charge in [0.2, 0.25) is 0 Å². The topological polar surface area (TPSA) is 64.3 Å². The van der Waals surface area contributed by atoms with Crippen molar-refractivity contribution in [2.45, 2.75) is 6.61 Å². The van der Waals surface area contributed by atoms with Gasteiger partial charge in [0.05, 0.1) is 4.47 Å². The van der Waals surface area contributed by atoms with Crippen molar-refractivity contribution in [3.63, 3.8) is 0 Å². The molecule has 2 aromatic rings. The number of carbonyl (C=O) groups excluding carboxylic acids is 1. The van der Waals surface area contributed by atoms with Crippen LogP contribution in [0, 0.1) is 5.82 Å². The average molecular weight is 339 g/mol. The van der Waals surface area contributed by atoms with Crippen molar-refractivity contribution in [2.24, 2.45) is 5.84 Å². The van der Waals surface area contributed by atoms with Crippen molar-refractivity contribution in [3.05, 3.63) is 63.9 Å². The van der Waals surface area contributed by atoms with E-state index in [-0.39, 0.29) is 12.4 Å². The third-order valence-corrected chi connectivity index (χ3v) is 3.29. The predicted octanol–water partition coefficient (Wildman–Crippen LogP) is 2.77. The van der Waals surface area contributed by atoms with Gasteiger partial charge in [0.1, 0.15) is 18.2 Å². The molecule has 6 heteroatoms. The van der Waals surface area contributed by atoms with Gasteiger partial charge in [-0.3, -0.25) is 10.2 Å². The van der Waals surface area contributed by atoms with E-state index >= 15 is 0 Å². The quantitative estimate of drug-likeness (QED) is 0.511. The summed E-state index contributed by atoms with van der Waals surface area (Å²) in [7, 11) is 0. The fourth-order valence-corrected chi connectivity index (χ4v) is 2.11. The number of hydrogen-bond acceptors (Lipinski definition) is 3. The second-order valence-corrected chi connectivity index (χ2v) is 4.85. The third kappa shape index (κ3) is 3.34. The maximum atomic E-state index is 13.5. The SMILES string of the molecule is NNC(=O)c1ccc(OCc2ccccc2F)c(Br)c1. The van der Waals surface area contributed by atoms with E-state index in [1.54, 1.807) is 36.4 Å². The Hall–Kier alpha value is -1.92.